The number of carbonyl (C=O) groups excluding carboxylic acids is 2. The summed E-state index contributed by atoms with van der Waals surface area (Å²) in [5.74, 6) is 7.14. The molecule has 0 fully saturated rings. The zero-order valence-corrected chi connectivity index (χ0v) is 26.7. The Morgan fingerprint density at radius 2 is 1.76 bits per heavy atom. The first kappa shape index (κ1) is 34.3. The summed E-state index contributed by atoms with van der Waals surface area (Å²) in [4.78, 5) is 38.0. The summed E-state index contributed by atoms with van der Waals surface area (Å²) in [6, 6.07) is 18.5. The van der Waals surface area contributed by atoms with Gasteiger partial charge in [0, 0.05) is 50.4 Å². The van der Waals surface area contributed by atoms with Gasteiger partial charge in [0.05, 0.1) is 22.9 Å². The summed E-state index contributed by atoms with van der Waals surface area (Å²) in [7, 11) is 5.47. The minimum atomic E-state index is -0.596. The van der Waals surface area contributed by atoms with Crippen LogP contribution in [0.5, 0.6) is 0 Å². The molecule has 0 radical (unpaired) electrons. The van der Waals surface area contributed by atoms with Gasteiger partial charge in [-0.15, -0.1) is 0 Å². The molecule has 1 heterocycles. The number of nitrogens with one attached hydrogen (secondary N) is 3. The minimum absolute atomic E-state index is 0.212. The average molecular weight is 607 g/mol. The second-order valence-corrected chi connectivity index (χ2v) is 10.7. The maximum absolute atomic E-state index is 12.6. The van der Waals surface area contributed by atoms with E-state index in [0.29, 0.717) is 61.1 Å². The Morgan fingerprint density at radius 3 is 2.42 bits per heavy atom. The lowest BCUT2D eigenvalue weighted by Crippen LogP contribution is -2.45. The SMILES string of the molecule is CCCNc1nc(Nc2ccc(C#N)cc2)nc(-c2ccccc2)c1C#CCCCNC(=O)[C@H](C)N(C)C(=O)/C=C/CN(C)C. The first-order valence-electron chi connectivity index (χ1n) is 15.1. The van der Waals surface area contributed by atoms with E-state index in [1.807, 2.05) is 61.5 Å². The van der Waals surface area contributed by atoms with Gasteiger partial charge in [-0.1, -0.05) is 55.2 Å². The van der Waals surface area contributed by atoms with Crippen molar-refractivity contribution in [3.05, 3.63) is 77.9 Å². The van der Waals surface area contributed by atoms with Crippen LogP contribution < -0.4 is 16.0 Å². The Bertz CT molecular complexity index is 1550. The number of unbranched alkanes of at least 4 members (excludes halogenated alkanes) is 1. The van der Waals surface area contributed by atoms with E-state index in [-0.39, 0.29) is 11.8 Å². The summed E-state index contributed by atoms with van der Waals surface area (Å²) in [6.45, 7) is 5.59. The maximum atomic E-state index is 12.6. The number of aromatic nitrogens is 2. The van der Waals surface area contributed by atoms with Gasteiger partial charge >= 0.3 is 0 Å². The molecule has 0 aliphatic rings. The van der Waals surface area contributed by atoms with Crippen molar-refractivity contribution in [3.63, 3.8) is 0 Å². The number of likely N-dealkylation sites (N-methyl/N-ethyl adjacent to an activating group) is 2. The summed E-state index contributed by atoms with van der Waals surface area (Å²) in [5.41, 5.74) is 3.63. The van der Waals surface area contributed by atoms with Gasteiger partial charge in [-0.25, -0.2) is 4.98 Å². The minimum Gasteiger partial charge on any atom is -0.369 e. The number of carbonyl (C=O) groups is 2. The highest BCUT2D eigenvalue weighted by Crippen LogP contribution is 2.28. The molecular weight excluding hydrogens is 564 g/mol. The highest BCUT2D eigenvalue weighted by molar-refractivity contribution is 5.92. The molecule has 10 nitrogen and oxygen atoms in total. The molecule has 3 rings (SSSR count). The molecule has 234 valence electrons. The van der Waals surface area contributed by atoms with Crippen LogP contribution in [0, 0.1) is 23.2 Å². The lowest BCUT2D eigenvalue weighted by atomic mass is 10.1. The molecule has 45 heavy (non-hydrogen) atoms. The first-order chi connectivity index (χ1) is 21.7. The third-order valence-electron chi connectivity index (χ3n) is 6.80. The number of nitriles is 1. The van der Waals surface area contributed by atoms with Crippen molar-refractivity contribution in [1.82, 2.24) is 25.1 Å². The summed E-state index contributed by atoms with van der Waals surface area (Å²) < 4.78 is 0. The van der Waals surface area contributed by atoms with Gasteiger partial charge in [0.1, 0.15) is 11.9 Å². The summed E-state index contributed by atoms with van der Waals surface area (Å²) in [6.07, 6.45) is 5.36. The Hall–Kier alpha value is -5.19. The molecule has 0 spiro atoms. The second kappa shape index (κ2) is 17.8. The van der Waals surface area contributed by atoms with Crippen LogP contribution in [0.1, 0.15) is 44.2 Å². The van der Waals surface area contributed by atoms with E-state index in [1.165, 1.54) is 11.0 Å². The van der Waals surface area contributed by atoms with Gasteiger partial charge in [0.2, 0.25) is 17.8 Å². The predicted octanol–water partition coefficient (Wildman–Crippen LogP) is 4.79. The number of anilines is 3. The molecular formula is C35H42N8O2. The molecule has 0 unspecified atom stereocenters. The van der Waals surface area contributed by atoms with Crippen LogP contribution in [-0.2, 0) is 9.59 Å². The molecule has 0 saturated heterocycles. The van der Waals surface area contributed by atoms with Crippen LogP contribution in [0.2, 0.25) is 0 Å². The summed E-state index contributed by atoms with van der Waals surface area (Å²) >= 11 is 0. The Balaban J connectivity index is 1.72. The smallest absolute Gasteiger partial charge is 0.246 e. The second-order valence-electron chi connectivity index (χ2n) is 10.7. The van der Waals surface area contributed by atoms with Crippen LogP contribution in [0.4, 0.5) is 17.5 Å². The van der Waals surface area contributed by atoms with E-state index in [0.717, 1.165) is 17.7 Å². The molecule has 2 aromatic carbocycles. The third kappa shape index (κ3) is 10.8. The van der Waals surface area contributed by atoms with E-state index in [2.05, 4.69) is 40.8 Å². The molecule has 3 aromatic rings. The largest absolute Gasteiger partial charge is 0.369 e. The monoisotopic (exact) mass is 606 g/mol. The quantitative estimate of drug-likeness (QED) is 0.136. The van der Waals surface area contributed by atoms with Gasteiger partial charge in [0.15, 0.2) is 0 Å². The van der Waals surface area contributed by atoms with Crippen molar-refractivity contribution in [3.8, 4) is 29.2 Å². The van der Waals surface area contributed by atoms with Gasteiger partial charge in [-0.05, 0) is 58.1 Å². The fraction of sp³-hybridized carbons (Fsp3) is 0.343. The van der Waals surface area contributed by atoms with Crippen LogP contribution >= 0.6 is 0 Å². The lowest BCUT2D eigenvalue weighted by molar-refractivity contribution is -0.135. The number of rotatable bonds is 14. The normalized spacial score (nSPS) is 11.3. The number of nitrogens with zero attached hydrogens (tertiary/aromatic N) is 5. The van der Waals surface area contributed by atoms with E-state index in [9.17, 15) is 9.59 Å². The van der Waals surface area contributed by atoms with Crippen molar-refractivity contribution in [2.45, 2.75) is 39.2 Å². The van der Waals surface area contributed by atoms with Gasteiger partial charge in [-0.2, -0.15) is 10.2 Å². The van der Waals surface area contributed by atoms with Crippen molar-refractivity contribution in [1.29, 1.82) is 5.26 Å². The summed E-state index contributed by atoms with van der Waals surface area (Å²) in [5, 5.41) is 18.7. The van der Waals surface area contributed by atoms with E-state index in [4.69, 9.17) is 15.2 Å². The Kier molecular flexibility index (Phi) is 13.6. The Morgan fingerprint density at radius 1 is 1.02 bits per heavy atom. The van der Waals surface area contributed by atoms with E-state index in [1.54, 1.807) is 32.2 Å². The van der Waals surface area contributed by atoms with Crippen molar-refractivity contribution in [2.75, 3.05) is 51.4 Å². The van der Waals surface area contributed by atoms with Gasteiger partial charge in [-0.3, -0.25) is 9.59 Å². The number of benzene rings is 2. The van der Waals surface area contributed by atoms with E-state index >= 15 is 0 Å². The van der Waals surface area contributed by atoms with Crippen molar-refractivity contribution >= 4 is 29.3 Å². The molecule has 1 aromatic heterocycles. The molecule has 2 amide bonds. The van der Waals surface area contributed by atoms with Gasteiger partial charge in [0.25, 0.3) is 0 Å². The number of hydrogen-bond acceptors (Lipinski definition) is 8. The zero-order valence-electron chi connectivity index (χ0n) is 26.7. The van der Waals surface area contributed by atoms with Crippen molar-refractivity contribution < 1.29 is 9.59 Å². The first-order valence-corrected chi connectivity index (χ1v) is 15.1. The van der Waals surface area contributed by atoms with Crippen LogP contribution in [0.3, 0.4) is 0 Å². The van der Waals surface area contributed by atoms with Crippen LogP contribution in [0.25, 0.3) is 11.3 Å². The van der Waals surface area contributed by atoms with Crippen LogP contribution in [-0.4, -0.2) is 78.4 Å². The molecule has 1 atom stereocenters. The molecule has 0 aliphatic carbocycles. The molecule has 10 heteroatoms. The van der Waals surface area contributed by atoms with Crippen LogP contribution in [0.15, 0.2) is 66.7 Å². The lowest BCUT2D eigenvalue weighted by Gasteiger charge is -2.23. The third-order valence-corrected chi connectivity index (χ3v) is 6.80. The highest BCUT2D eigenvalue weighted by Gasteiger charge is 2.20. The zero-order chi connectivity index (χ0) is 32.6. The standard InChI is InChI=1S/C35H42N8O2/c1-6-22-37-33-30(16-11-8-12-23-38-34(45)26(2)43(5)31(44)17-13-24-42(3)4)32(28-14-9-7-10-15-28)40-35(41-33)39-29-20-18-27(25-36)19-21-29/h7,9-10,13-15,17-21,26H,6,8,12,22-24H2,1-5H3,(H,38,45)(H2,37,39,40,41)/b17-13+/t26-/m0/s1. The average Bonchev–Trinajstić information content (AvgIpc) is 3.05. The molecule has 3 N–H and O–H groups in total. The topological polar surface area (TPSA) is 126 Å². The fourth-order valence-corrected chi connectivity index (χ4v) is 4.10. The predicted molar refractivity (Wildman–Crippen MR) is 180 cm³/mol. The fourth-order valence-electron chi connectivity index (χ4n) is 4.10. The maximum Gasteiger partial charge on any atom is 0.246 e. The highest BCUT2D eigenvalue weighted by atomic mass is 16.2. The van der Waals surface area contributed by atoms with Gasteiger partial charge < -0.3 is 25.8 Å². The Labute approximate surface area is 266 Å². The number of amides is 2. The molecule has 0 aliphatic heterocycles. The van der Waals surface area contributed by atoms with E-state index < -0.39 is 6.04 Å². The molecule has 0 bridgehead atoms. The number of hydrogen-bond donors (Lipinski definition) is 3. The van der Waals surface area contributed by atoms with Crippen molar-refractivity contribution in [2.24, 2.45) is 0 Å². The molecule has 0 saturated carbocycles.